The maximum Gasteiger partial charge on any atom is 0.274 e. The molecule has 6 rings (SSSR count). The third-order valence-electron chi connectivity index (χ3n) is 7.97. The molecule has 0 radical (unpaired) electrons. The number of amides is 1. The summed E-state index contributed by atoms with van der Waals surface area (Å²) in [6.07, 6.45) is 3.75. The summed E-state index contributed by atoms with van der Waals surface area (Å²) in [4.78, 5) is 29.0. The van der Waals surface area contributed by atoms with Gasteiger partial charge in [0.2, 0.25) is 5.43 Å². The molecule has 0 spiro atoms. The van der Waals surface area contributed by atoms with Gasteiger partial charge in [-0.25, -0.2) is 0 Å². The van der Waals surface area contributed by atoms with Crippen LogP contribution in [0.3, 0.4) is 0 Å². The average Bonchev–Trinajstić information content (AvgIpc) is 3.10. The van der Waals surface area contributed by atoms with Gasteiger partial charge in [0.15, 0.2) is 11.4 Å². The molecule has 1 atom stereocenters. The van der Waals surface area contributed by atoms with Gasteiger partial charge in [0.25, 0.3) is 5.91 Å². The number of aryl methyl sites for hydroxylation is 2. The molecule has 0 N–H and O–H groups in total. The lowest BCUT2D eigenvalue weighted by atomic mass is 9.81. The molecule has 1 amide bonds. The lowest BCUT2D eigenvalue weighted by Crippen LogP contribution is -2.49. The number of nitrogens with zero attached hydrogens (tertiary/aromatic N) is 2. The van der Waals surface area contributed by atoms with Crippen molar-refractivity contribution in [2.45, 2.75) is 51.3 Å². The second-order valence-corrected chi connectivity index (χ2v) is 10.5. The van der Waals surface area contributed by atoms with Crippen molar-refractivity contribution in [3.05, 3.63) is 135 Å². The number of hydrogen-bond donors (Lipinski definition) is 0. The second kappa shape index (κ2) is 9.97. The highest BCUT2D eigenvalue weighted by atomic mass is 16.5. The first-order valence-corrected chi connectivity index (χ1v) is 13.4. The second-order valence-electron chi connectivity index (χ2n) is 10.5. The smallest absolute Gasteiger partial charge is 0.274 e. The van der Waals surface area contributed by atoms with Gasteiger partial charge in [-0.15, -0.1) is 0 Å². The highest BCUT2D eigenvalue weighted by Gasteiger charge is 2.41. The number of ether oxygens (including phenoxy) is 1. The normalized spacial score (nSPS) is 17.0. The molecule has 38 heavy (non-hydrogen) atoms. The Morgan fingerprint density at radius 2 is 1.42 bits per heavy atom. The van der Waals surface area contributed by atoms with Crippen LogP contribution < -0.4 is 10.2 Å². The Kier molecular flexibility index (Phi) is 6.36. The zero-order chi connectivity index (χ0) is 26.2. The van der Waals surface area contributed by atoms with Crippen LogP contribution in [-0.4, -0.2) is 28.0 Å². The van der Waals surface area contributed by atoms with E-state index in [1.54, 1.807) is 12.3 Å². The van der Waals surface area contributed by atoms with Gasteiger partial charge in [-0.05, 0) is 54.5 Å². The van der Waals surface area contributed by atoms with E-state index in [1.807, 2.05) is 53.6 Å². The molecule has 5 nitrogen and oxygen atoms in total. The Morgan fingerprint density at radius 1 is 0.816 bits per heavy atom. The largest absolute Gasteiger partial charge is 0.483 e. The first-order chi connectivity index (χ1) is 18.5. The molecule has 0 bridgehead atoms. The highest BCUT2D eigenvalue weighted by molar-refractivity contribution is 5.96. The van der Waals surface area contributed by atoms with Crippen molar-refractivity contribution in [1.29, 1.82) is 0 Å². The summed E-state index contributed by atoms with van der Waals surface area (Å²) in [5, 5.41) is 0. The monoisotopic (exact) mass is 504 g/mol. The van der Waals surface area contributed by atoms with Crippen molar-refractivity contribution in [3.8, 4) is 5.75 Å². The molecule has 192 valence electrons. The molecule has 1 aliphatic carbocycles. The van der Waals surface area contributed by atoms with Crippen molar-refractivity contribution in [1.82, 2.24) is 9.47 Å². The molecular formula is C33H32N2O3. The molecule has 2 aliphatic rings. The van der Waals surface area contributed by atoms with Crippen LogP contribution in [0.2, 0.25) is 0 Å². The Hall–Kier alpha value is -4.12. The first kappa shape index (κ1) is 24.2. The Morgan fingerprint density at radius 3 is 2.05 bits per heavy atom. The van der Waals surface area contributed by atoms with Crippen LogP contribution in [0.4, 0.5) is 0 Å². The standard InChI is InChI=1S/C33H32N2O3/c1-22(2)35-20-28(30-26-14-8-6-12-24(26)16-17-25-13-7-9-15-27(25)30)34-19-18-29(36)32(31(34)33(35)37)38-21-23-10-4-3-5-11-23/h3-15,18-19,22,28,30H,16-17,20-21H2,1-2H3/t28-/m1/s1. The van der Waals surface area contributed by atoms with Crippen LogP contribution in [0.25, 0.3) is 0 Å². The van der Waals surface area contributed by atoms with E-state index in [1.165, 1.54) is 22.3 Å². The van der Waals surface area contributed by atoms with E-state index in [2.05, 4.69) is 48.5 Å². The Labute approximate surface area is 223 Å². The van der Waals surface area contributed by atoms with E-state index in [0.29, 0.717) is 12.2 Å². The third kappa shape index (κ3) is 4.22. The molecule has 0 saturated heterocycles. The Bertz CT molecular complexity index is 1490. The summed E-state index contributed by atoms with van der Waals surface area (Å²) >= 11 is 0. The molecule has 0 fully saturated rings. The van der Waals surface area contributed by atoms with Crippen molar-refractivity contribution < 1.29 is 9.53 Å². The fraction of sp³-hybridized carbons (Fsp3) is 0.273. The maximum absolute atomic E-state index is 13.9. The maximum atomic E-state index is 13.9. The number of fused-ring (bicyclic) bond motifs is 3. The van der Waals surface area contributed by atoms with Gasteiger partial charge in [0.05, 0.1) is 6.04 Å². The van der Waals surface area contributed by atoms with Crippen LogP contribution in [0, 0.1) is 0 Å². The van der Waals surface area contributed by atoms with Crippen LogP contribution in [0.1, 0.15) is 64.1 Å². The number of rotatable bonds is 5. The number of carbonyl (C=O) groups is 1. The molecule has 2 heterocycles. The highest BCUT2D eigenvalue weighted by Crippen LogP contribution is 2.44. The molecule has 4 aromatic rings. The third-order valence-corrected chi connectivity index (χ3v) is 7.97. The average molecular weight is 505 g/mol. The van der Waals surface area contributed by atoms with E-state index in [-0.39, 0.29) is 41.7 Å². The number of aromatic nitrogens is 1. The predicted octanol–water partition coefficient (Wildman–Crippen LogP) is 5.76. The summed E-state index contributed by atoms with van der Waals surface area (Å²) < 4.78 is 8.16. The molecule has 0 unspecified atom stereocenters. The van der Waals surface area contributed by atoms with E-state index in [9.17, 15) is 9.59 Å². The molecule has 3 aromatic carbocycles. The molecule has 1 aromatic heterocycles. The minimum absolute atomic E-state index is 0.0210. The van der Waals surface area contributed by atoms with E-state index < -0.39 is 0 Å². The number of hydrogen-bond acceptors (Lipinski definition) is 3. The number of carbonyl (C=O) groups excluding carboxylic acids is 1. The minimum Gasteiger partial charge on any atom is -0.483 e. The van der Waals surface area contributed by atoms with E-state index in [0.717, 1.165) is 18.4 Å². The van der Waals surface area contributed by atoms with Crippen molar-refractivity contribution in [2.24, 2.45) is 0 Å². The number of pyridine rings is 1. The predicted molar refractivity (Wildman–Crippen MR) is 149 cm³/mol. The molecular weight excluding hydrogens is 472 g/mol. The van der Waals surface area contributed by atoms with Crippen LogP contribution >= 0.6 is 0 Å². The van der Waals surface area contributed by atoms with E-state index >= 15 is 0 Å². The van der Waals surface area contributed by atoms with Gasteiger partial charge in [-0.3, -0.25) is 9.59 Å². The van der Waals surface area contributed by atoms with Crippen LogP contribution in [-0.2, 0) is 19.4 Å². The lowest BCUT2D eigenvalue weighted by molar-refractivity contribution is 0.0584. The first-order valence-electron chi connectivity index (χ1n) is 13.4. The summed E-state index contributed by atoms with van der Waals surface area (Å²) in [7, 11) is 0. The van der Waals surface area contributed by atoms with E-state index in [4.69, 9.17) is 4.74 Å². The summed E-state index contributed by atoms with van der Waals surface area (Å²) in [5.74, 6) is 0.00146. The summed E-state index contributed by atoms with van der Waals surface area (Å²) in [6.45, 7) is 4.84. The fourth-order valence-electron chi connectivity index (χ4n) is 6.09. The molecule has 1 aliphatic heterocycles. The lowest BCUT2D eigenvalue weighted by Gasteiger charge is -2.42. The van der Waals surface area contributed by atoms with Gasteiger partial charge in [0, 0.05) is 30.8 Å². The summed E-state index contributed by atoms with van der Waals surface area (Å²) in [5.41, 5.74) is 6.27. The van der Waals surface area contributed by atoms with Gasteiger partial charge in [-0.2, -0.15) is 0 Å². The molecule has 0 saturated carbocycles. The van der Waals surface area contributed by atoms with Gasteiger partial charge in [-0.1, -0.05) is 78.9 Å². The van der Waals surface area contributed by atoms with Crippen LogP contribution in [0.5, 0.6) is 5.75 Å². The summed E-state index contributed by atoms with van der Waals surface area (Å²) in [6, 6.07) is 28.5. The van der Waals surface area contributed by atoms with Gasteiger partial charge >= 0.3 is 0 Å². The zero-order valence-corrected chi connectivity index (χ0v) is 21.8. The van der Waals surface area contributed by atoms with Gasteiger partial charge in [0.1, 0.15) is 6.61 Å². The fourth-order valence-corrected chi connectivity index (χ4v) is 6.09. The van der Waals surface area contributed by atoms with Crippen LogP contribution in [0.15, 0.2) is 95.9 Å². The molecule has 5 heteroatoms. The number of benzene rings is 3. The topological polar surface area (TPSA) is 51.5 Å². The van der Waals surface area contributed by atoms with Crippen molar-refractivity contribution >= 4 is 5.91 Å². The van der Waals surface area contributed by atoms with Crippen molar-refractivity contribution in [2.75, 3.05) is 6.54 Å². The van der Waals surface area contributed by atoms with Gasteiger partial charge < -0.3 is 14.2 Å². The SMILES string of the molecule is CC(C)N1C[C@H](C2c3ccccc3CCc3ccccc32)n2ccc(=O)c(OCc3ccccc3)c2C1=O. The minimum atomic E-state index is -0.272. The Balaban J connectivity index is 1.54. The zero-order valence-electron chi connectivity index (χ0n) is 21.8. The van der Waals surface area contributed by atoms with Crippen molar-refractivity contribution in [3.63, 3.8) is 0 Å². The quantitative estimate of drug-likeness (QED) is 0.347.